The van der Waals surface area contributed by atoms with Crippen molar-refractivity contribution in [2.75, 3.05) is 23.8 Å². The number of carbonyl (C=O) groups is 1. The Balaban J connectivity index is 1.54. The maximum atomic E-state index is 11.8. The van der Waals surface area contributed by atoms with Gasteiger partial charge in [0.25, 0.3) is 0 Å². The fourth-order valence-electron chi connectivity index (χ4n) is 2.10. The van der Waals surface area contributed by atoms with Crippen LogP contribution in [0.15, 0.2) is 22.8 Å². The minimum Gasteiger partial charge on any atom is -0.468 e. The van der Waals surface area contributed by atoms with Crippen LogP contribution in [0.1, 0.15) is 18.6 Å². The summed E-state index contributed by atoms with van der Waals surface area (Å²) >= 11 is 1.75. The van der Waals surface area contributed by atoms with Gasteiger partial charge >= 0.3 is 0 Å². The van der Waals surface area contributed by atoms with Crippen LogP contribution >= 0.6 is 11.8 Å². The van der Waals surface area contributed by atoms with E-state index in [1.54, 1.807) is 18.0 Å². The summed E-state index contributed by atoms with van der Waals surface area (Å²) in [5.41, 5.74) is 0. The van der Waals surface area contributed by atoms with Crippen molar-refractivity contribution in [3.05, 3.63) is 24.2 Å². The van der Waals surface area contributed by atoms with Gasteiger partial charge in [0.1, 0.15) is 5.76 Å². The van der Waals surface area contributed by atoms with Crippen LogP contribution in [0.4, 0.5) is 0 Å². The second kappa shape index (κ2) is 7.17. The molecule has 20 heavy (non-hydrogen) atoms. The van der Waals surface area contributed by atoms with Gasteiger partial charge in [0.2, 0.25) is 5.91 Å². The lowest BCUT2D eigenvalue weighted by molar-refractivity contribution is -0.124. The highest BCUT2D eigenvalue weighted by molar-refractivity contribution is 7.98. The number of furan rings is 1. The van der Waals surface area contributed by atoms with Gasteiger partial charge in [0.15, 0.2) is 9.84 Å². The van der Waals surface area contributed by atoms with Crippen molar-refractivity contribution >= 4 is 27.5 Å². The van der Waals surface area contributed by atoms with Crippen LogP contribution in [0.25, 0.3) is 0 Å². The molecule has 1 amide bonds. The third-order valence-electron chi connectivity index (χ3n) is 3.19. The third-order valence-corrected chi connectivity index (χ3v) is 6.03. The zero-order valence-corrected chi connectivity index (χ0v) is 12.8. The fraction of sp³-hybridized carbons (Fsp3) is 0.615. The Kier molecular flexibility index (Phi) is 5.54. The number of rotatable bonds is 7. The van der Waals surface area contributed by atoms with Gasteiger partial charge < -0.3 is 9.73 Å². The monoisotopic (exact) mass is 317 g/mol. The molecule has 0 bridgehead atoms. The van der Waals surface area contributed by atoms with Crippen molar-refractivity contribution in [2.24, 2.45) is 5.92 Å². The molecule has 1 N–H and O–H groups in total. The van der Waals surface area contributed by atoms with Crippen LogP contribution in [0.2, 0.25) is 0 Å². The van der Waals surface area contributed by atoms with Crippen molar-refractivity contribution in [2.45, 2.75) is 18.6 Å². The number of hydrogen-bond donors (Lipinski definition) is 1. The molecule has 1 aliphatic heterocycles. The number of amides is 1. The normalized spacial score (nSPS) is 20.9. The molecule has 2 rings (SSSR count). The molecule has 1 saturated heterocycles. The Morgan fingerprint density at radius 2 is 2.35 bits per heavy atom. The minimum absolute atomic E-state index is 0.00603. The first kappa shape index (κ1) is 15.4. The van der Waals surface area contributed by atoms with Crippen molar-refractivity contribution in [1.29, 1.82) is 0 Å². The molecule has 0 radical (unpaired) electrons. The highest BCUT2D eigenvalue weighted by Gasteiger charge is 2.32. The molecule has 1 aromatic heterocycles. The maximum Gasteiger partial charge on any atom is 0.224 e. The zero-order chi connectivity index (χ0) is 14.4. The molecule has 0 spiro atoms. The SMILES string of the molecule is O=C(NCCCSCc1ccco1)C1CCS(=O)(=O)C1. The van der Waals surface area contributed by atoms with Gasteiger partial charge in [-0.1, -0.05) is 0 Å². The largest absolute Gasteiger partial charge is 0.468 e. The van der Waals surface area contributed by atoms with Gasteiger partial charge in [-0.2, -0.15) is 11.8 Å². The van der Waals surface area contributed by atoms with Gasteiger partial charge in [0, 0.05) is 6.54 Å². The minimum atomic E-state index is -2.98. The topological polar surface area (TPSA) is 76.4 Å². The lowest BCUT2D eigenvalue weighted by Crippen LogP contribution is -2.32. The van der Waals surface area contributed by atoms with E-state index in [9.17, 15) is 13.2 Å². The van der Waals surface area contributed by atoms with Gasteiger partial charge in [0.05, 0.1) is 29.4 Å². The van der Waals surface area contributed by atoms with Crippen molar-refractivity contribution in [3.8, 4) is 0 Å². The van der Waals surface area contributed by atoms with Crippen LogP contribution in [0.5, 0.6) is 0 Å². The molecule has 1 unspecified atom stereocenters. The first-order valence-corrected chi connectivity index (χ1v) is 9.63. The smallest absolute Gasteiger partial charge is 0.224 e. The Hall–Kier alpha value is -0.950. The van der Waals surface area contributed by atoms with Gasteiger partial charge in [-0.05, 0) is 30.7 Å². The van der Waals surface area contributed by atoms with Crippen molar-refractivity contribution in [3.63, 3.8) is 0 Å². The van der Waals surface area contributed by atoms with Gasteiger partial charge in [-0.3, -0.25) is 4.79 Å². The van der Waals surface area contributed by atoms with Crippen molar-refractivity contribution < 1.29 is 17.6 Å². The fourth-order valence-corrected chi connectivity index (χ4v) is 4.70. The second-order valence-electron chi connectivity index (χ2n) is 4.88. The predicted molar refractivity (Wildman–Crippen MR) is 79.3 cm³/mol. The summed E-state index contributed by atoms with van der Waals surface area (Å²) in [7, 11) is -2.98. The average Bonchev–Trinajstić information content (AvgIpc) is 3.02. The first-order chi connectivity index (χ1) is 9.57. The Morgan fingerprint density at radius 1 is 1.50 bits per heavy atom. The van der Waals surface area contributed by atoms with Crippen LogP contribution in [-0.4, -0.2) is 38.1 Å². The Morgan fingerprint density at radius 3 is 3.00 bits per heavy atom. The Bertz CT molecular complexity index is 525. The van der Waals surface area contributed by atoms with E-state index in [2.05, 4.69) is 5.32 Å². The molecule has 0 aromatic carbocycles. The Labute approximate surface area is 123 Å². The maximum absolute atomic E-state index is 11.8. The van der Waals surface area contributed by atoms with E-state index in [-0.39, 0.29) is 23.3 Å². The summed E-state index contributed by atoms with van der Waals surface area (Å²) in [5, 5.41) is 2.82. The molecular formula is C13H19NO4S2. The van der Waals surface area contributed by atoms with Crippen LogP contribution in [0.3, 0.4) is 0 Å². The van der Waals surface area contributed by atoms with Crippen LogP contribution in [0, 0.1) is 5.92 Å². The standard InChI is InChI=1S/C13H19NO4S2/c15-13(11-4-8-20(16,17)10-11)14-5-2-7-19-9-12-3-1-6-18-12/h1,3,6,11H,2,4-5,7-10H2,(H,14,15). The molecule has 1 atom stereocenters. The number of sulfone groups is 1. The van der Waals surface area contributed by atoms with E-state index in [1.165, 1.54) is 0 Å². The van der Waals surface area contributed by atoms with E-state index in [0.29, 0.717) is 13.0 Å². The number of thioether (sulfide) groups is 1. The summed E-state index contributed by atoms with van der Waals surface area (Å²) < 4.78 is 27.8. The van der Waals surface area contributed by atoms with Gasteiger partial charge in [-0.15, -0.1) is 0 Å². The molecule has 1 fully saturated rings. The summed E-state index contributed by atoms with van der Waals surface area (Å²) in [5.74, 6) is 2.40. The van der Waals surface area contributed by atoms with Crippen LogP contribution in [-0.2, 0) is 20.4 Å². The summed E-state index contributed by atoms with van der Waals surface area (Å²) in [6.45, 7) is 0.598. The van der Waals surface area contributed by atoms with E-state index >= 15 is 0 Å². The number of nitrogens with one attached hydrogen (secondary N) is 1. The third kappa shape index (κ3) is 4.86. The van der Waals surface area contributed by atoms with E-state index in [4.69, 9.17) is 4.42 Å². The van der Waals surface area contributed by atoms with Crippen LogP contribution < -0.4 is 5.32 Å². The van der Waals surface area contributed by atoms with E-state index < -0.39 is 9.84 Å². The molecule has 0 saturated carbocycles. The summed E-state index contributed by atoms with van der Waals surface area (Å²) in [4.78, 5) is 11.8. The summed E-state index contributed by atoms with van der Waals surface area (Å²) in [6.07, 6.45) is 2.99. The second-order valence-corrected chi connectivity index (χ2v) is 8.21. The molecule has 1 aliphatic rings. The molecule has 0 aliphatic carbocycles. The molecule has 7 heteroatoms. The molecule has 2 heterocycles. The zero-order valence-electron chi connectivity index (χ0n) is 11.2. The first-order valence-electron chi connectivity index (χ1n) is 6.65. The van der Waals surface area contributed by atoms with Gasteiger partial charge in [-0.25, -0.2) is 8.42 Å². The molecule has 112 valence electrons. The molecule has 5 nitrogen and oxygen atoms in total. The lowest BCUT2D eigenvalue weighted by Gasteiger charge is -2.08. The highest BCUT2D eigenvalue weighted by Crippen LogP contribution is 2.18. The average molecular weight is 317 g/mol. The predicted octanol–water partition coefficient (Wildman–Crippen LogP) is 1.45. The highest BCUT2D eigenvalue weighted by atomic mass is 32.2. The van der Waals surface area contributed by atoms with E-state index in [1.807, 2.05) is 12.1 Å². The number of carbonyl (C=O) groups excluding carboxylic acids is 1. The summed E-state index contributed by atoms with van der Waals surface area (Å²) in [6, 6.07) is 3.81. The van der Waals surface area contributed by atoms with Crippen molar-refractivity contribution in [1.82, 2.24) is 5.32 Å². The lowest BCUT2D eigenvalue weighted by atomic mass is 10.1. The molecular weight excluding hydrogens is 298 g/mol. The molecule has 1 aromatic rings. The van der Waals surface area contributed by atoms with E-state index in [0.717, 1.165) is 23.7 Å². The number of hydrogen-bond acceptors (Lipinski definition) is 5. The quantitative estimate of drug-likeness (QED) is 0.770.